The molecule has 5 nitrogen and oxygen atoms in total. The Morgan fingerprint density at radius 1 is 1.17 bits per heavy atom. The summed E-state index contributed by atoms with van der Waals surface area (Å²) in [4.78, 5) is 7.19. The van der Waals surface area contributed by atoms with Gasteiger partial charge in [-0.1, -0.05) is 19.8 Å². The second-order valence-electron chi connectivity index (χ2n) is 6.67. The summed E-state index contributed by atoms with van der Waals surface area (Å²) >= 11 is 0. The van der Waals surface area contributed by atoms with Crippen LogP contribution >= 0.6 is 0 Å². The molecule has 5 heteroatoms. The molecular weight excluding hydrogens is 288 g/mol. The van der Waals surface area contributed by atoms with Crippen molar-refractivity contribution in [1.82, 2.24) is 15.5 Å². The lowest BCUT2D eigenvalue weighted by Crippen LogP contribution is -2.41. The number of nitrogens with zero attached hydrogens (tertiary/aromatic N) is 2. The number of nitrogens with one attached hydrogen (secondary N) is 2. The van der Waals surface area contributed by atoms with E-state index >= 15 is 0 Å². The lowest BCUT2D eigenvalue weighted by atomic mass is 9.83. The molecule has 2 N–H and O–H groups in total. The SMILES string of the molecule is CCNC(=NCC1(CCOCC)CCCC1)NCCN(C)CC. The molecule has 0 amide bonds. The van der Waals surface area contributed by atoms with Crippen LogP contribution in [0, 0.1) is 5.41 Å². The summed E-state index contributed by atoms with van der Waals surface area (Å²) in [7, 11) is 2.15. The van der Waals surface area contributed by atoms with Crippen LogP contribution in [-0.4, -0.2) is 63.8 Å². The zero-order valence-corrected chi connectivity index (χ0v) is 15.8. The first-order chi connectivity index (χ1) is 11.2. The Kier molecular flexibility index (Phi) is 10.3. The van der Waals surface area contributed by atoms with Crippen LogP contribution < -0.4 is 10.6 Å². The maximum atomic E-state index is 5.59. The van der Waals surface area contributed by atoms with Gasteiger partial charge in [-0.3, -0.25) is 4.99 Å². The van der Waals surface area contributed by atoms with E-state index in [1.807, 2.05) is 0 Å². The highest BCUT2D eigenvalue weighted by atomic mass is 16.5. The molecule has 0 aromatic heterocycles. The van der Waals surface area contributed by atoms with Gasteiger partial charge in [0, 0.05) is 39.4 Å². The molecule has 1 fully saturated rings. The largest absolute Gasteiger partial charge is 0.382 e. The molecule has 0 aromatic carbocycles. The zero-order chi connectivity index (χ0) is 17.0. The van der Waals surface area contributed by atoms with Crippen LogP contribution in [0.25, 0.3) is 0 Å². The Morgan fingerprint density at radius 2 is 1.91 bits per heavy atom. The highest BCUT2D eigenvalue weighted by Crippen LogP contribution is 2.41. The van der Waals surface area contributed by atoms with Crippen molar-refractivity contribution in [3.63, 3.8) is 0 Å². The van der Waals surface area contributed by atoms with E-state index in [4.69, 9.17) is 9.73 Å². The van der Waals surface area contributed by atoms with Crippen LogP contribution in [0.15, 0.2) is 4.99 Å². The summed E-state index contributed by atoms with van der Waals surface area (Å²) < 4.78 is 5.59. The van der Waals surface area contributed by atoms with Crippen LogP contribution in [0.3, 0.4) is 0 Å². The molecule has 0 spiro atoms. The molecular formula is C18H38N4O. The van der Waals surface area contributed by atoms with Crippen molar-refractivity contribution < 1.29 is 4.74 Å². The van der Waals surface area contributed by atoms with Crippen molar-refractivity contribution in [3.05, 3.63) is 0 Å². The first kappa shape index (κ1) is 20.2. The molecule has 0 aromatic rings. The average Bonchev–Trinajstić information content (AvgIpc) is 3.02. The van der Waals surface area contributed by atoms with Crippen LogP contribution in [0.1, 0.15) is 52.9 Å². The maximum Gasteiger partial charge on any atom is 0.191 e. The first-order valence-electron chi connectivity index (χ1n) is 9.44. The normalized spacial score (nSPS) is 17.7. The molecule has 1 rings (SSSR count). The minimum absolute atomic E-state index is 0.359. The molecule has 0 bridgehead atoms. The third kappa shape index (κ3) is 8.02. The van der Waals surface area contributed by atoms with Gasteiger partial charge in [-0.15, -0.1) is 0 Å². The van der Waals surface area contributed by atoms with Gasteiger partial charge < -0.3 is 20.3 Å². The highest BCUT2D eigenvalue weighted by Gasteiger charge is 2.33. The average molecular weight is 327 g/mol. The summed E-state index contributed by atoms with van der Waals surface area (Å²) in [6.45, 7) is 12.9. The number of hydrogen-bond acceptors (Lipinski definition) is 3. The fourth-order valence-electron chi connectivity index (χ4n) is 3.16. The molecule has 0 unspecified atom stereocenters. The fraction of sp³-hybridized carbons (Fsp3) is 0.944. The second-order valence-corrected chi connectivity index (χ2v) is 6.67. The van der Waals surface area contributed by atoms with E-state index < -0.39 is 0 Å². The fourth-order valence-corrected chi connectivity index (χ4v) is 3.16. The predicted molar refractivity (Wildman–Crippen MR) is 99.2 cm³/mol. The Bertz CT molecular complexity index is 327. The van der Waals surface area contributed by atoms with E-state index in [9.17, 15) is 0 Å². The highest BCUT2D eigenvalue weighted by molar-refractivity contribution is 5.79. The third-order valence-electron chi connectivity index (χ3n) is 4.89. The van der Waals surface area contributed by atoms with E-state index in [0.717, 1.165) is 58.3 Å². The molecule has 23 heavy (non-hydrogen) atoms. The topological polar surface area (TPSA) is 48.9 Å². The molecule has 0 atom stereocenters. The lowest BCUT2D eigenvalue weighted by Gasteiger charge is -2.27. The van der Waals surface area contributed by atoms with Gasteiger partial charge in [0.05, 0.1) is 0 Å². The van der Waals surface area contributed by atoms with E-state index in [1.54, 1.807) is 0 Å². The van der Waals surface area contributed by atoms with Gasteiger partial charge in [-0.25, -0.2) is 0 Å². The number of hydrogen-bond donors (Lipinski definition) is 2. The van der Waals surface area contributed by atoms with Gasteiger partial charge in [0.2, 0.25) is 0 Å². The number of rotatable bonds is 11. The van der Waals surface area contributed by atoms with Crippen LogP contribution in [-0.2, 0) is 4.74 Å². The number of ether oxygens (including phenoxy) is 1. The molecule has 136 valence electrons. The monoisotopic (exact) mass is 326 g/mol. The van der Waals surface area contributed by atoms with Crippen molar-refractivity contribution in [2.24, 2.45) is 10.4 Å². The molecule has 0 radical (unpaired) electrons. The Balaban J connectivity index is 2.51. The maximum absolute atomic E-state index is 5.59. The van der Waals surface area contributed by atoms with Gasteiger partial charge in [-0.05, 0) is 52.1 Å². The summed E-state index contributed by atoms with van der Waals surface area (Å²) in [5.74, 6) is 0.958. The van der Waals surface area contributed by atoms with Crippen molar-refractivity contribution in [2.75, 3.05) is 53.0 Å². The number of aliphatic imine (C=N–C) groups is 1. The van der Waals surface area contributed by atoms with Crippen molar-refractivity contribution in [2.45, 2.75) is 52.9 Å². The van der Waals surface area contributed by atoms with Crippen LogP contribution in [0.4, 0.5) is 0 Å². The van der Waals surface area contributed by atoms with Crippen LogP contribution in [0.2, 0.25) is 0 Å². The summed E-state index contributed by atoms with van der Waals surface area (Å²) in [6.07, 6.45) is 6.41. The summed E-state index contributed by atoms with van der Waals surface area (Å²) in [5, 5.41) is 6.83. The molecule has 0 aliphatic heterocycles. The standard InChI is InChI=1S/C18H38N4O/c1-5-19-17(20-13-14-22(4)6-2)21-16-18(10-8-9-11-18)12-15-23-7-3/h5-16H2,1-4H3,(H2,19,20,21). The van der Waals surface area contributed by atoms with Gasteiger partial charge in [0.1, 0.15) is 0 Å². The predicted octanol–water partition coefficient (Wildman–Crippen LogP) is 2.48. The van der Waals surface area contributed by atoms with E-state index in [-0.39, 0.29) is 0 Å². The summed E-state index contributed by atoms with van der Waals surface area (Å²) in [6, 6.07) is 0. The van der Waals surface area contributed by atoms with E-state index in [1.165, 1.54) is 25.7 Å². The quantitative estimate of drug-likeness (QED) is 0.348. The Morgan fingerprint density at radius 3 is 2.52 bits per heavy atom. The van der Waals surface area contributed by atoms with Gasteiger partial charge in [-0.2, -0.15) is 0 Å². The Labute approximate surface area is 143 Å². The summed E-state index contributed by atoms with van der Waals surface area (Å²) in [5.41, 5.74) is 0.359. The molecule has 1 aliphatic rings. The van der Waals surface area contributed by atoms with E-state index in [2.05, 4.69) is 43.4 Å². The Hall–Kier alpha value is -0.810. The molecule has 1 aliphatic carbocycles. The minimum Gasteiger partial charge on any atom is -0.382 e. The van der Waals surface area contributed by atoms with Crippen molar-refractivity contribution in [1.29, 1.82) is 0 Å². The van der Waals surface area contributed by atoms with Crippen molar-refractivity contribution in [3.8, 4) is 0 Å². The minimum atomic E-state index is 0.359. The second kappa shape index (κ2) is 11.7. The smallest absolute Gasteiger partial charge is 0.191 e. The van der Waals surface area contributed by atoms with Crippen LogP contribution in [0.5, 0.6) is 0 Å². The lowest BCUT2D eigenvalue weighted by molar-refractivity contribution is 0.107. The van der Waals surface area contributed by atoms with Gasteiger partial charge in [0.25, 0.3) is 0 Å². The molecule has 0 heterocycles. The first-order valence-corrected chi connectivity index (χ1v) is 9.44. The zero-order valence-electron chi connectivity index (χ0n) is 15.8. The van der Waals surface area contributed by atoms with Gasteiger partial charge in [0.15, 0.2) is 5.96 Å². The molecule has 1 saturated carbocycles. The number of likely N-dealkylation sites (N-methyl/N-ethyl adjacent to an activating group) is 1. The third-order valence-corrected chi connectivity index (χ3v) is 4.89. The molecule has 0 saturated heterocycles. The number of guanidine groups is 1. The van der Waals surface area contributed by atoms with E-state index in [0.29, 0.717) is 5.41 Å². The van der Waals surface area contributed by atoms with Crippen molar-refractivity contribution >= 4 is 5.96 Å². The van der Waals surface area contributed by atoms with Gasteiger partial charge >= 0.3 is 0 Å².